The fourth-order valence-corrected chi connectivity index (χ4v) is 3.12. The van der Waals surface area contributed by atoms with Crippen LogP contribution in [0, 0.1) is 6.92 Å². The average molecular weight is 407 g/mol. The minimum absolute atomic E-state index is 0.285. The predicted molar refractivity (Wildman–Crippen MR) is 112 cm³/mol. The lowest BCUT2D eigenvalue weighted by Crippen LogP contribution is -2.44. The summed E-state index contributed by atoms with van der Waals surface area (Å²) in [7, 11) is 1.51. The number of anilines is 1. The highest BCUT2D eigenvalue weighted by molar-refractivity contribution is 7.98. The summed E-state index contributed by atoms with van der Waals surface area (Å²) >= 11 is 7.73. The Morgan fingerprint density at radius 1 is 1.22 bits per heavy atom. The second-order valence-electron chi connectivity index (χ2n) is 5.96. The number of amides is 2. The fourth-order valence-electron chi connectivity index (χ4n) is 2.47. The van der Waals surface area contributed by atoms with Gasteiger partial charge < -0.3 is 15.4 Å². The molecule has 144 valence electrons. The van der Waals surface area contributed by atoms with Crippen molar-refractivity contribution in [3.63, 3.8) is 0 Å². The van der Waals surface area contributed by atoms with Gasteiger partial charge in [-0.05, 0) is 55.2 Å². The number of thioether (sulfide) groups is 1. The zero-order valence-corrected chi connectivity index (χ0v) is 17.1. The predicted octanol–water partition coefficient (Wildman–Crippen LogP) is 4.15. The zero-order valence-electron chi connectivity index (χ0n) is 15.5. The molecule has 7 heteroatoms. The number of nitrogens with one attached hydrogen (secondary N) is 2. The van der Waals surface area contributed by atoms with Crippen molar-refractivity contribution in [3.8, 4) is 5.75 Å². The molecule has 2 N–H and O–H groups in total. The standard InChI is InChI=1S/C20H23ClN2O3S/c1-13-8-9-14(12-16(13)21)22-20(25)17(10-11-27-3)23-19(24)15-6-4-5-7-18(15)26-2/h4-9,12,17H,10-11H2,1-3H3,(H,22,25)(H,23,24). The van der Waals surface area contributed by atoms with E-state index in [0.29, 0.717) is 28.4 Å². The van der Waals surface area contributed by atoms with Gasteiger partial charge in [-0.2, -0.15) is 11.8 Å². The lowest BCUT2D eigenvalue weighted by atomic mass is 10.1. The maximum atomic E-state index is 12.7. The first kappa shape index (κ1) is 21.1. The Balaban J connectivity index is 2.14. The molecule has 2 amide bonds. The fraction of sp³-hybridized carbons (Fsp3) is 0.300. The van der Waals surface area contributed by atoms with Crippen LogP contribution < -0.4 is 15.4 Å². The van der Waals surface area contributed by atoms with E-state index in [1.165, 1.54) is 7.11 Å². The van der Waals surface area contributed by atoms with Gasteiger partial charge in [-0.25, -0.2) is 0 Å². The summed E-state index contributed by atoms with van der Waals surface area (Å²) in [4.78, 5) is 25.4. The first-order chi connectivity index (χ1) is 13.0. The van der Waals surface area contributed by atoms with Crippen molar-refractivity contribution in [1.82, 2.24) is 5.32 Å². The highest BCUT2D eigenvalue weighted by Crippen LogP contribution is 2.21. The Morgan fingerprint density at radius 2 is 1.96 bits per heavy atom. The van der Waals surface area contributed by atoms with E-state index in [0.717, 1.165) is 11.3 Å². The van der Waals surface area contributed by atoms with Crippen LogP contribution in [0.25, 0.3) is 0 Å². The maximum Gasteiger partial charge on any atom is 0.255 e. The molecule has 0 saturated carbocycles. The number of carbonyl (C=O) groups is 2. The third kappa shape index (κ3) is 5.91. The second-order valence-corrected chi connectivity index (χ2v) is 7.35. The summed E-state index contributed by atoms with van der Waals surface area (Å²) in [5.41, 5.74) is 1.91. The van der Waals surface area contributed by atoms with Gasteiger partial charge in [0.15, 0.2) is 0 Å². The molecule has 0 aliphatic heterocycles. The van der Waals surface area contributed by atoms with Gasteiger partial charge in [-0.3, -0.25) is 9.59 Å². The molecule has 0 saturated heterocycles. The first-order valence-corrected chi connectivity index (χ1v) is 10.2. The summed E-state index contributed by atoms with van der Waals surface area (Å²) in [6.07, 6.45) is 2.46. The number of hydrogen-bond acceptors (Lipinski definition) is 4. The van der Waals surface area contributed by atoms with E-state index < -0.39 is 6.04 Å². The van der Waals surface area contributed by atoms with Crippen LogP contribution in [0.5, 0.6) is 5.75 Å². The molecule has 0 aliphatic carbocycles. The van der Waals surface area contributed by atoms with Crippen molar-refractivity contribution in [3.05, 3.63) is 58.6 Å². The van der Waals surface area contributed by atoms with E-state index in [4.69, 9.17) is 16.3 Å². The molecule has 27 heavy (non-hydrogen) atoms. The number of ether oxygens (including phenoxy) is 1. The summed E-state index contributed by atoms with van der Waals surface area (Å²) in [6.45, 7) is 1.89. The van der Waals surface area contributed by atoms with E-state index >= 15 is 0 Å². The number of halogens is 1. The summed E-state index contributed by atoms with van der Waals surface area (Å²) in [5.74, 6) is 0.561. The van der Waals surface area contributed by atoms with Gasteiger partial charge in [0.2, 0.25) is 5.91 Å². The number of carbonyl (C=O) groups excluding carboxylic acids is 2. The molecule has 0 heterocycles. The monoisotopic (exact) mass is 406 g/mol. The van der Waals surface area contributed by atoms with Crippen molar-refractivity contribution in [2.45, 2.75) is 19.4 Å². The van der Waals surface area contributed by atoms with Crippen molar-refractivity contribution in [2.24, 2.45) is 0 Å². The summed E-state index contributed by atoms with van der Waals surface area (Å²) in [6, 6.07) is 11.6. The molecule has 2 aromatic carbocycles. The molecule has 1 unspecified atom stereocenters. The molecular weight excluding hydrogens is 384 g/mol. The van der Waals surface area contributed by atoms with Gasteiger partial charge in [0.25, 0.3) is 5.91 Å². The molecule has 2 rings (SSSR count). The normalized spacial score (nSPS) is 11.6. The van der Waals surface area contributed by atoms with Crippen molar-refractivity contribution >= 4 is 40.9 Å². The van der Waals surface area contributed by atoms with Gasteiger partial charge in [0.05, 0.1) is 12.7 Å². The molecule has 0 radical (unpaired) electrons. The van der Waals surface area contributed by atoms with E-state index in [-0.39, 0.29) is 11.8 Å². The highest BCUT2D eigenvalue weighted by Gasteiger charge is 2.23. The van der Waals surface area contributed by atoms with Gasteiger partial charge in [-0.1, -0.05) is 29.8 Å². The van der Waals surface area contributed by atoms with Crippen LogP contribution in [0.2, 0.25) is 5.02 Å². The van der Waals surface area contributed by atoms with Crippen molar-refractivity contribution in [1.29, 1.82) is 0 Å². The van der Waals surface area contributed by atoms with Gasteiger partial charge in [-0.15, -0.1) is 0 Å². The van der Waals surface area contributed by atoms with E-state index in [9.17, 15) is 9.59 Å². The molecule has 2 aromatic rings. The third-order valence-corrected chi connectivity index (χ3v) is 5.07. The van der Waals surface area contributed by atoms with E-state index in [2.05, 4.69) is 10.6 Å². The van der Waals surface area contributed by atoms with E-state index in [1.807, 2.05) is 19.2 Å². The third-order valence-electron chi connectivity index (χ3n) is 4.02. The minimum atomic E-state index is -0.671. The molecular formula is C20H23ClN2O3S. The molecule has 0 fully saturated rings. The lowest BCUT2D eigenvalue weighted by Gasteiger charge is -2.19. The van der Waals surface area contributed by atoms with Gasteiger partial charge in [0.1, 0.15) is 11.8 Å². The Hall–Kier alpha value is -2.18. The Labute approximate surface area is 168 Å². The second kappa shape index (κ2) is 10.2. The lowest BCUT2D eigenvalue weighted by molar-refractivity contribution is -0.118. The van der Waals surface area contributed by atoms with Crippen LogP contribution >= 0.6 is 23.4 Å². The van der Waals surface area contributed by atoms with Crippen LogP contribution in [0.3, 0.4) is 0 Å². The van der Waals surface area contributed by atoms with Gasteiger partial charge in [0, 0.05) is 10.7 Å². The highest BCUT2D eigenvalue weighted by atomic mass is 35.5. The minimum Gasteiger partial charge on any atom is -0.496 e. The first-order valence-electron chi connectivity index (χ1n) is 8.46. The zero-order chi connectivity index (χ0) is 19.8. The topological polar surface area (TPSA) is 67.4 Å². The largest absolute Gasteiger partial charge is 0.496 e. The molecule has 0 bridgehead atoms. The molecule has 0 spiro atoms. The Morgan fingerprint density at radius 3 is 2.63 bits per heavy atom. The molecule has 5 nitrogen and oxygen atoms in total. The number of hydrogen-bond donors (Lipinski definition) is 2. The maximum absolute atomic E-state index is 12.7. The molecule has 0 aromatic heterocycles. The Kier molecular flexibility index (Phi) is 8.00. The number of benzene rings is 2. The molecule has 1 atom stereocenters. The van der Waals surface area contributed by atoms with Crippen molar-refractivity contribution in [2.75, 3.05) is 24.4 Å². The van der Waals surface area contributed by atoms with Crippen LogP contribution in [-0.4, -0.2) is 37.0 Å². The number of para-hydroxylation sites is 1. The number of aryl methyl sites for hydroxylation is 1. The van der Waals surface area contributed by atoms with E-state index in [1.54, 1.807) is 48.2 Å². The summed E-state index contributed by atoms with van der Waals surface area (Å²) < 4.78 is 5.23. The van der Waals surface area contributed by atoms with Crippen LogP contribution in [0.4, 0.5) is 5.69 Å². The quantitative estimate of drug-likeness (QED) is 0.691. The number of rotatable bonds is 8. The van der Waals surface area contributed by atoms with Crippen LogP contribution in [-0.2, 0) is 4.79 Å². The summed E-state index contributed by atoms with van der Waals surface area (Å²) in [5, 5.41) is 6.21. The van der Waals surface area contributed by atoms with Gasteiger partial charge >= 0.3 is 0 Å². The van der Waals surface area contributed by atoms with Crippen LogP contribution in [0.15, 0.2) is 42.5 Å². The SMILES string of the molecule is COc1ccccc1C(=O)NC(CCSC)C(=O)Nc1ccc(C)c(Cl)c1. The van der Waals surface area contributed by atoms with Crippen molar-refractivity contribution < 1.29 is 14.3 Å². The molecule has 0 aliphatic rings. The van der Waals surface area contributed by atoms with Crippen LogP contribution in [0.1, 0.15) is 22.3 Å². The number of methoxy groups -OCH3 is 1. The Bertz CT molecular complexity index is 814. The average Bonchev–Trinajstić information content (AvgIpc) is 2.67. The smallest absolute Gasteiger partial charge is 0.255 e.